The molecule has 0 aliphatic carbocycles. The van der Waals surface area contributed by atoms with Crippen molar-refractivity contribution in [1.82, 2.24) is 0 Å². The Kier molecular flexibility index (Phi) is 10.9. The quantitative estimate of drug-likeness (QED) is 0.234. The molecule has 0 aliphatic heterocycles. The van der Waals surface area contributed by atoms with Crippen LogP contribution in [0.4, 0.5) is 0 Å². The van der Waals surface area contributed by atoms with Crippen LogP contribution in [0.3, 0.4) is 0 Å². The monoisotopic (exact) mass is 308 g/mol. The van der Waals surface area contributed by atoms with Crippen LogP contribution in [-0.4, -0.2) is 5.75 Å². The van der Waals surface area contributed by atoms with E-state index in [1.807, 2.05) is 17.8 Å². The van der Waals surface area contributed by atoms with E-state index in [-0.39, 0.29) is 0 Å². The van der Waals surface area contributed by atoms with Gasteiger partial charge < -0.3 is 0 Å². The Hall–Kier alpha value is -0.390. The molecule has 0 N–H and O–H groups in total. The highest BCUT2D eigenvalue weighted by Crippen LogP contribution is 2.27. The largest absolute Gasteiger partial charge is 0.120 e. The summed E-state index contributed by atoms with van der Waals surface area (Å²) in [5.74, 6) is 3.93. The van der Waals surface area contributed by atoms with Gasteiger partial charge in [-0.1, -0.05) is 70.6 Å². The third-order valence-electron chi connectivity index (χ3n) is 3.47. The van der Waals surface area contributed by atoms with Gasteiger partial charge in [-0.3, -0.25) is 0 Å². The molecule has 0 bridgehead atoms. The number of rotatable bonds is 12. The second-order valence-corrected chi connectivity index (χ2v) is 7.77. The average molecular weight is 309 g/mol. The summed E-state index contributed by atoms with van der Waals surface area (Å²) in [6.07, 6.45) is 19.5. The Morgan fingerprint density at radius 3 is 2.10 bits per heavy atom. The van der Waals surface area contributed by atoms with Crippen molar-refractivity contribution in [2.45, 2.75) is 75.3 Å². The molecule has 0 aliphatic rings. The summed E-state index contributed by atoms with van der Waals surface area (Å²) in [6, 6.07) is 4.20. The first kappa shape index (κ1) is 17.7. The lowest BCUT2D eigenvalue weighted by Crippen LogP contribution is -1.83. The standard InChI is InChI=1S/C18H28S2/c1-3-5-6-7-8-9-10-11-12-13-16-19-18-15-14-17(4-2)20-18/h2,14-15H,3,5-13,16H2,1H3. The van der Waals surface area contributed by atoms with Crippen molar-refractivity contribution >= 4 is 23.1 Å². The van der Waals surface area contributed by atoms with Crippen LogP contribution in [0.25, 0.3) is 0 Å². The van der Waals surface area contributed by atoms with Crippen molar-refractivity contribution in [1.29, 1.82) is 0 Å². The molecule has 1 heterocycles. The third-order valence-corrected chi connectivity index (χ3v) is 5.79. The molecule has 112 valence electrons. The summed E-state index contributed by atoms with van der Waals surface area (Å²) in [6.45, 7) is 2.28. The van der Waals surface area contributed by atoms with Gasteiger partial charge in [0, 0.05) is 0 Å². The van der Waals surface area contributed by atoms with Gasteiger partial charge in [0.2, 0.25) is 0 Å². The fourth-order valence-corrected chi connectivity index (χ4v) is 4.25. The van der Waals surface area contributed by atoms with Crippen LogP contribution in [-0.2, 0) is 0 Å². The zero-order chi connectivity index (χ0) is 14.5. The van der Waals surface area contributed by atoms with Crippen molar-refractivity contribution in [3.05, 3.63) is 17.0 Å². The van der Waals surface area contributed by atoms with Crippen LogP contribution in [0.15, 0.2) is 16.3 Å². The first-order valence-corrected chi connectivity index (χ1v) is 9.86. The van der Waals surface area contributed by atoms with Crippen LogP contribution in [0.2, 0.25) is 0 Å². The minimum atomic E-state index is 1.05. The first-order valence-electron chi connectivity index (χ1n) is 8.06. The van der Waals surface area contributed by atoms with Gasteiger partial charge in [-0.15, -0.1) is 29.5 Å². The Bertz CT molecular complexity index is 373. The average Bonchev–Trinajstić information content (AvgIpc) is 2.93. The van der Waals surface area contributed by atoms with Crippen LogP contribution >= 0.6 is 23.1 Å². The van der Waals surface area contributed by atoms with E-state index in [9.17, 15) is 0 Å². The number of terminal acetylenes is 1. The van der Waals surface area contributed by atoms with E-state index in [2.05, 4.69) is 18.9 Å². The molecule has 0 aromatic carbocycles. The van der Waals surface area contributed by atoms with Crippen molar-refractivity contribution in [3.63, 3.8) is 0 Å². The highest BCUT2D eigenvalue weighted by Gasteiger charge is 1.98. The van der Waals surface area contributed by atoms with E-state index in [1.165, 1.54) is 74.2 Å². The normalized spacial score (nSPS) is 10.6. The molecular weight excluding hydrogens is 280 g/mol. The van der Waals surface area contributed by atoms with E-state index in [0.717, 1.165) is 4.88 Å². The summed E-state index contributed by atoms with van der Waals surface area (Å²) in [5, 5.41) is 0. The lowest BCUT2D eigenvalue weighted by atomic mass is 10.1. The Morgan fingerprint density at radius 1 is 0.950 bits per heavy atom. The maximum Gasteiger partial charge on any atom is 0.0777 e. The number of hydrogen-bond acceptors (Lipinski definition) is 2. The fourth-order valence-electron chi connectivity index (χ4n) is 2.24. The summed E-state index contributed by atoms with van der Waals surface area (Å²) in [4.78, 5) is 1.05. The first-order chi connectivity index (χ1) is 9.86. The number of thioether (sulfide) groups is 1. The summed E-state index contributed by atoms with van der Waals surface area (Å²) in [7, 11) is 0. The minimum Gasteiger partial charge on any atom is -0.120 e. The van der Waals surface area contributed by atoms with Gasteiger partial charge in [-0.2, -0.15) is 0 Å². The maximum atomic E-state index is 5.38. The molecule has 2 heteroatoms. The number of unbranched alkanes of at least 4 members (excludes halogenated alkanes) is 9. The van der Waals surface area contributed by atoms with Gasteiger partial charge in [-0.05, 0) is 24.3 Å². The van der Waals surface area contributed by atoms with Gasteiger partial charge in [-0.25, -0.2) is 0 Å². The molecule has 0 unspecified atom stereocenters. The van der Waals surface area contributed by atoms with Crippen molar-refractivity contribution in [2.75, 3.05) is 5.75 Å². The Labute approximate surface area is 133 Å². The molecule has 1 rings (SSSR count). The smallest absolute Gasteiger partial charge is 0.0777 e. The zero-order valence-corrected chi connectivity index (χ0v) is 14.5. The summed E-state index contributed by atoms with van der Waals surface area (Å²) < 4.78 is 1.37. The molecule has 0 radical (unpaired) electrons. The predicted octanol–water partition coefficient (Wildman–Crippen LogP) is 6.74. The number of thiophene rings is 1. The Balaban J connectivity index is 1.84. The molecule has 0 saturated carbocycles. The predicted molar refractivity (Wildman–Crippen MR) is 94.8 cm³/mol. The lowest BCUT2D eigenvalue weighted by Gasteiger charge is -2.02. The van der Waals surface area contributed by atoms with Crippen LogP contribution in [0, 0.1) is 12.3 Å². The second kappa shape index (κ2) is 12.4. The molecule has 1 aromatic heterocycles. The van der Waals surface area contributed by atoms with Crippen molar-refractivity contribution < 1.29 is 0 Å². The molecule has 0 fully saturated rings. The van der Waals surface area contributed by atoms with E-state index in [4.69, 9.17) is 6.42 Å². The molecule has 0 saturated heterocycles. The maximum absolute atomic E-state index is 5.38. The zero-order valence-electron chi connectivity index (χ0n) is 12.8. The molecule has 0 spiro atoms. The fraction of sp³-hybridized carbons (Fsp3) is 0.667. The van der Waals surface area contributed by atoms with Crippen molar-refractivity contribution in [2.24, 2.45) is 0 Å². The molecule has 0 nitrogen and oxygen atoms in total. The summed E-state index contributed by atoms with van der Waals surface area (Å²) in [5.41, 5.74) is 0. The van der Waals surface area contributed by atoms with E-state index < -0.39 is 0 Å². The van der Waals surface area contributed by atoms with Crippen LogP contribution in [0.1, 0.15) is 76.0 Å². The minimum absolute atomic E-state index is 1.05. The van der Waals surface area contributed by atoms with Gasteiger partial charge >= 0.3 is 0 Å². The highest BCUT2D eigenvalue weighted by molar-refractivity contribution is 8.01. The molecule has 0 amide bonds. The number of hydrogen-bond donors (Lipinski definition) is 0. The SMILES string of the molecule is C#Cc1ccc(SCCCCCCCCCCCC)s1. The lowest BCUT2D eigenvalue weighted by molar-refractivity contribution is 0.563. The van der Waals surface area contributed by atoms with Gasteiger partial charge in [0.15, 0.2) is 0 Å². The van der Waals surface area contributed by atoms with E-state index >= 15 is 0 Å². The topological polar surface area (TPSA) is 0 Å². The molecule has 0 atom stereocenters. The van der Waals surface area contributed by atoms with Gasteiger partial charge in [0.05, 0.1) is 9.09 Å². The Morgan fingerprint density at radius 2 is 1.55 bits per heavy atom. The third kappa shape index (κ3) is 8.72. The molecule has 1 aromatic rings. The van der Waals surface area contributed by atoms with E-state index in [0.29, 0.717) is 0 Å². The van der Waals surface area contributed by atoms with Crippen molar-refractivity contribution in [3.8, 4) is 12.3 Å². The van der Waals surface area contributed by atoms with Gasteiger partial charge in [0.1, 0.15) is 0 Å². The van der Waals surface area contributed by atoms with Gasteiger partial charge in [0.25, 0.3) is 0 Å². The highest BCUT2D eigenvalue weighted by atomic mass is 32.2. The summed E-state index contributed by atoms with van der Waals surface area (Å²) >= 11 is 3.70. The molecular formula is C18H28S2. The van der Waals surface area contributed by atoms with Crippen LogP contribution < -0.4 is 0 Å². The van der Waals surface area contributed by atoms with E-state index in [1.54, 1.807) is 11.3 Å². The molecule has 20 heavy (non-hydrogen) atoms. The second-order valence-electron chi connectivity index (χ2n) is 5.29. The van der Waals surface area contributed by atoms with Crippen LogP contribution in [0.5, 0.6) is 0 Å².